The summed E-state index contributed by atoms with van der Waals surface area (Å²) in [5.41, 5.74) is 8.88. The number of amides is 2. The second kappa shape index (κ2) is 22.8. The molecule has 0 bridgehead atoms. The molecule has 0 aliphatic heterocycles. The SMILES string of the molecule is CCCCc1ccc(N(CCC(C)CC(C)(C)C)c2ccc(C3=C(O)/C(=C4\C=CC(=[N+](CCC(C)CC(C)(C)C)c5ccc(CCCC)cc5)C=C4NC(C)=O)C3=O)c(NC(C)=O)c2)cc1. The molecule has 2 aliphatic carbocycles. The van der Waals surface area contributed by atoms with E-state index in [4.69, 9.17) is 0 Å². The van der Waals surface area contributed by atoms with Crippen LogP contribution in [0.3, 0.4) is 0 Å². The van der Waals surface area contributed by atoms with Gasteiger partial charge in [0.1, 0.15) is 12.3 Å². The number of nitrogens with zero attached hydrogens (tertiary/aromatic N) is 2. The fraction of sp³-hybridized carbons (Fsp3) is 0.483. The van der Waals surface area contributed by atoms with Crippen molar-refractivity contribution in [2.75, 3.05) is 23.3 Å². The monoisotopic (exact) mass is 896 g/mol. The highest BCUT2D eigenvalue weighted by Gasteiger charge is 2.40. The zero-order valence-corrected chi connectivity index (χ0v) is 42.3. The van der Waals surface area contributed by atoms with E-state index >= 15 is 0 Å². The third-order valence-corrected chi connectivity index (χ3v) is 12.5. The molecule has 3 aromatic rings. The Labute approximate surface area is 397 Å². The first-order chi connectivity index (χ1) is 31.2. The van der Waals surface area contributed by atoms with Crippen LogP contribution in [0.4, 0.5) is 22.7 Å². The summed E-state index contributed by atoms with van der Waals surface area (Å²) in [7, 11) is 0. The standard InChI is InChI=1S/C58H78N4O4/c1-13-15-17-43-19-23-45(24-20-43)61(33-31-39(3)37-57(7,8)9)47-27-29-49(51(35-47)59-41(5)63)53-55(65)54(56(53)66)50-30-28-48(36-52(50)60-42(6)64)62(34-32-40(4)38-58(10,11)12)46-25-21-44(22-26-46)18-16-14-2/h19-30,35-36,39-40H,13-18,31-34,37-38H2,1-12H3,(H2,59,60,63,64,65,66)/p+1. The first-order valence-corrected chi connectivity index (χ1v) is 24.6. The van der Waals surface area contributed by atoms with Gasteiger partial charge in [-0.15, -0.1) is 0 Å². The molecule has 2 amide bonds. The normalized spacial score (nSPS) is 17.0. The van der Waals surface area contributed by atoms with E-state index in [0.717, 1.165) is 100 Å². The highest BCUT2D eigenvalue weighted by molar-refractivity contribution is 6.40. The van der Waals surface area contributed by atoms with E-state index in [9.17, 15) is 19.5 Å². The van der Waals surface area contributed by atoms with Gasteiger partial charge in [0.2, 0.25) is 29.0 Å². The van der Waals surface area contributed by atoms with E-state index < -0.39 is 0 Å². The minimum atomic E-state index is -0.364. The van der Waals surface area contributed by atoms with Gasteiger partial charge < -0.3 is 20.6 Å². The average molecular weight is 896 g/mol. The quantitative estimate of drug-likeness (QED) is 0.0775. The number of allylic oxidation sites excluding steroid dienone is 5. The highest BCUT2D eigenvalue weighted by atomic mass is 16.3. The lowest BCUT2D eigenvalue weighted by Gasteiger charge is -2.30. The summed E-state index contributed by atoms with van der Waals surface area (Å²) in [6.45, 7) is 27.1. The molecule has 0 saturated carbocycles. The van der Waals surface area contributed by atoms with Gasteiger partial charge in [0.15, 0.2) is 0 Å². The van der Waals surface area contributed by atoms with Crippen molar-refractivity contribution >= 4 is 51.6 Å². The number of aliphatic hydroxyl groups excluding tert-OH is 1. The van der Waals surface area contributed by atoms with Crippen molar-refractivity contribution in [3.8, 4) is 0 Å². The Morgan fingerprint density at radius 2 is 1.26 bits per heavy atom. The van der Waals surface area contributed by atoms with Gasteiger partial charge >= 0.3 is 0 Å². The van der Waals surface area contributed by atoms with Gasteiger partial charge in [-0.05, 0) is 115 Å². The molecule has 2 aliphatic rings. The van der Waals surface area contributed by atoms with E-state index in [1.807, 2.05) is 36.4 Å². The summed E-state index contributed by atoms with van der Waals surface area (Å²) in [6.07, 6.45) is 16.4. The molecule has 0 aromatic heterocycles. The molecule has 8 heteroatoms. The Bertz CT molecular complexity index is 2360. The van der Waals surface area contributed by atoms with Crippen LogP contribution in [0.15, 0.2) is 108 Å². The van der Waals surface area contributed by atoms with Crippen LogP contribution in [0.1, 0.15) is 151 Å². The van der Waals surface area contributed by atoms with Gasteiger partial charge in [-0.3, -0.25) is 14.4 Å². The number of hydrogen-bond donors (Lipinski definition) is 3. The molecule has 3 aromatic carbocycles. The van der Waals surface area contributed by atoms with Gasteiger partial charge in [-0.25, -0.2) is 0 Å². The number of rotatable bonds is 20. The van der Waals surface area contributed by atoms with E-state index in [0.29, 0.717) is 34.4 Å². The first kappa shape index (κ1) is 51.5. The predicted octanol–water partition coefficient (Wildman–Crippen LogP) is 13.9. The number of benzene rings is 3. The second-order valence-electron chi connectivity index (χ2n) is 21.4. The fourth-order valence-electron chi connectivity index (χ4n) is 9.58. The zero-order chi connectivity index (χ0) is 48.3. The van der Waals surface area contributed by atoms with Gasteiger partial charge in [-0.2, -0.15) is 4.58 Å². The summed E-state index contributed by atoms with van der Waals surface area (Å²) in [5, 5.41) is 17.9. The predicted molar refractivity (Wildman–Crippen MR) is 276 cm³/mol. The molecule has 0 spiro atoms. The first-order valence-electron chi connectivity index (χ1n) is 24.6. The average Bonchev–Trinajstić information content (AvgIpc) is 3.23. The lowest BCUT2D eigenvalue weighted by molar-refractivity contribution is -0.441. The van der Waals surface area contributed by atoms with Crippen molar-refractivity contribution in [3.05, 3.63) is 124 Å². The number of carbonyl (C=O) groups excluding carboxylic acids is 3. The lowest BCUT2D eigenvalue weighted by atomic mass is 9.78. The lowest BCUT2D eigenvalue weighted by Crippen LogP contribution is -2.30. The number of Topliss-reactive ketones (excluding diaryl/α,β-unsaturated/α-hetero) is 1. The van der Waals surface area contributed by atoms with E-state index in [1.165, 1.54) is 25.0 Å². The summed E-state index contributed by atoms with van der Waals surface area (Å²) in [4.78, 5) is 42.2. The maximum Gasteiger partial charge on any atom is 0.221 e. The number of aryl methyl sites for hydroxylation is 2. The molecular formula is C58H79N4O4+. The Kier molecular flexibility index (Phi) is 17.8. The zero-order valence-electron chi connectivity index (χ0n) is 42.3. The van der Waals surface area contributed by atoms with E-state index in [2.05, 4.69) is 138 Å². The van der Waals surface area contributed by atoms with Crippen LogP contribution in [0.25, 0.3) is 5.57 Å². The maximum absolute atomic E-state index is 14.4. The van der Waals surface area contributed by atoms with Crippen LogP contribution in [0.5, 0.6) is 0 Å². The van der Waals surface area contributed by atoms with E-state index in [-0.39, 0.29) is 45.3 Å². The largest absolute Gasteiger partial charge is 0.506 e. The molecule has 8 nitrogen and oxygen atoms in total. The molecule has 3 N–H and O–H groups in total. The summed E-state index contributed by atoms with van der Waals surface area (Å²) in [5.74, 6) is -0.143. The maximum atomic E-state index is 14.4. The van der Waals surface area contributed by atoms with Gasteiger partial charge in [0.25, 0.3) is 0 Å². The number of nitrogens with one attached hydrogen (secondary N) is 2. The molecule has 0 radical (unpaired) electrons. The van der Waals surface area contributed by atoms with Crippen molar-refractivity contribution in [2.24, 2.45) is 22.7 Å². The Morgan fingerprint density at radius 3 is 1.79 bits per heavy atom. The van der Waals surface area contributed by atoms with Crippen LogP contribution in [-0.4, -0.2) is 46.1 Å². The minimum Gasteiger partial charge on any atom is -0.506 e. The number of unbranched alkanes of at least 4 members (excludes halogenated alkanes) is 2. The van der Waals surface area contributed by atoms with Gasteiger partial charge in [0, 0.05) is 73.6 Å². The Balaban J connectivity index is 1.56. The number of anilines is 3. The van der Waals surface area contributed by atoms with Gasteiger partial charge in [0.05, 0.1) is 22.5 Å². The fourth-order valence-corrected chi connectivity index (χ4v) is 9.58. The molecule has 0 heterocycles. The summed E-state index contributed by atoms with van der Waals surface area (Å²) < 4.78 is 2.28. The summed E-state index contributed by atoms with van der Waals surface area (Å²) >= 11 is 0. The smallest absolute Gasteiger partial charge is 0.221 e. The number of hydrogen-bond acceptors (Lipinski definition) is 5. The molecular weight excluding hydrogens is 817 g/mol. The number of aliphatic hydroxyl groups is 1. The Hall–Kier alpha value is -5.50. The number of carbonyl (C=O) groups is 3. The van der Waals surface area contributed by atoms with Crippen LogP contribution in [0, 0.1) is 22.7 Å². The third kappa shape index (κ3) is 14.3. The molecule has 0 fully saturated rings. The van der Waals surface area contributed by atoms with Crippen molar-refractivity contribution in [3.63, 3.8) is 0 Å². The Morgan fingerprint density at radius 1 is 0.712 bits per heavy atom. The molecule has 354 valence electrons. The summed E-state index contributed by atoms with van der Waals surface area (Å²) in [6, 6.07) is 23.2. The topological polar surface area (TPSA) is 102 Å². The van der Waals surface area contributed by atoms with E-state index in [1.54, 1.807) is 0 Å². The van der Waals surface area contributed by atoms with Crippen LogP contribution in [-0.2, 0) is 27.2 Å². The molecule has 2 atom stereocenters. The van der Waals surface area contributed by atoms with Crippen molar-refractivity contribution in [1.29, 1.82) is 0 Å². The van der Waals surface area contributed by atoms with Crippen LogP contribution >= 0.6 is 0 Å². The molecule has 0 saturated heterocycles. The highest BCUT2D eigenvalue weighted by Crippen LogP contribution is 2.44. The molecule has 66 heavy (non-hydrogen) atoms. The van der Waals surface area contributed by atoms with Crippen LogP contribution < -0.4 is 15.5 Å². The van der Waals surface area contributed by atoms with Crippen molar-refractivity contribution in [2.45, 2.75) is 147 Å². The minimum absolute atomic E-state index is 0.126. The number of ketones is 1. The molecule has 5 rings (SSSR count). The van der Waals surface area contributed by atoms with Crippen LogP contribution in [0.2, 0.25) is 0 Å². The third-order valence-electron chi connectivity index (χ3n) is 12.5. The van der Waals surface area contributed by atoms with Crippen molar-refractivity contribution in [1.82, 2.24) is 5.32 Å². The van der Waals surface area contributed by atoms with Gasteiger partial charge in [-0.1, -0.05) is 106 Å². The van der Waals surface area contributed by atoms with Crippen molar-refractivity contribution < 1.29 is 24.1 Å². The molecule has 2 unspecified atom stereocenters. The second-order valence-corrected chi connectivity index (χ2v) is 21.4.